The molecule has 0 aliphatic carbocycles. The summed E-state index contributed by atoms with van der Waals surface area (Å²) in [5.74, 6) is -1.34. The fourth-order valence-corrected chi connectivity index (χ4v) is 2.70. The molecular formula is C13H9FN4S. The molecule has 1 heterocycles. The molecule has 4 N–H and O–H groups in total. The van der Waals surface area contributed by atoms with Gasteiger partial charge < -0.3 is 11.5 Å². The normalized spacial score (nSPS) is 16.2. The van der Waals surface area contributed by atoms with E-state index in [9.17, 15) is 14.9 Å². The minimum absolute atomic E-state index is 0.154. The zero-order chi connectivity index (χ0) is 14.0. The highest BCUT2D eigenvalue weighted by Crippen LogP contribution is 2.43. The van der Waals surface area contributed by atoms with Crippen LogP contribution in [0, 0.1) is 28.5 Å². The highest BCUT2D eigenvalue weighted by Gasteiger charge is 2.32. The van der Waals surface area contributed by atoms with E-state index in [0.29, 0.717) is 0 Å². The largest absolute Gasteiger partial charge is 0.392 e. The van der Waals surface area contributed by atoms with Crippen molar-refractivity contribution in [2.24, 2.45) is 11.5 Å². The van der Waals surface area contributed by atoms with Crippen LogP contribution >= 0.6 is 11.8 Å². The second-order valence-corrected chi connectivity index (χ2v) is 4.92. The molecule has 0 amide bonds. The number of benzene rings is 1. The maximum Gasteiger partial charge on any atom is 0.127 e. The van der Waals surface area contributed by atoms with Crippen LogP contribution in [0.1, 0.15) is 11.5 Å². The third-order valence-corrected chi connectivity index (χ3v) is 3.66. The number of hydrogen-bond donors (Lipinski definition) is 2. The number of rotatable bonds is 1. The zero-order valence-electron chi connectivity index (χ0n) is 9.72. The molecule has 4 nitrogen and oxygen atoms in total. The van der Waals surface area contributed by atoms with Crippen molar-refractivity contribution in [3.8, 4) is 12.1 Å². The van der Waals surface area contributed by atoms with Gasteiger partial charge in [-0.25, -0.2) is 4.39 Å². The maximum atomic E-state index is 13.9. The third kappa shape index (κ3) is 2.14. The van der Waals surface area contributed by atoms with Crippen LogP contribution in [0.5, 0.6) is 0 Å². The van der Waals surface area contributed by atoms with Crippen molar-refractivity contribution in [2.45, 2.75) is 5.92 Å². The molecule has 1 aliphatic heterocycles. The molecule has 0 saturated carbocycles. The molecule has 1 aromatic rings. The summed E-state index contributed by atoms with van der Waals surface area (Å²) < 4.78 is 13.9. The lowest BCUT2D eigenvalue weighted by molar-refractivity contribution is 0.606. The van der Waals surface area contributed by atoms with Gasteiger partial charge in [-0.3, -0.25) is 0 Å². The van der Waals surface area contributed by atoms with E-state index in [2.05, 4.69) is 0 Å². The summed E-state index contributed by atoms with van der Waals surface area (Å²) in [4.78, 5) is 0. The first-order valence-corrected chi connectivity index (χ1v) is 6.13. The Kier molecular flexibility index (Phi) is 3.46. The molecule has 0 radical (unpaired) electrons. The van der Waals surface area contributed by atoms with E-state index in [4.69, 9.17) is 11.5 Å². The molecule has 0 spiro atoms. The topological polar surface area (TPSA) is 99.6 Å². The van der Waals surface area contributed by atoms with E-state index in [1.54, 1.807) is 6.07 Å². The number of nitriles is 2. The first-order chi connectivity index (χ1) is 9.10. The number of allylic oxidation sites excluding steroid dienone is 2. The molecule has 1 aromatic carbocycles. The maximum absolute atomic E-state index is 13.9. The number of halogens is 1. The first-order valence-electron chi connectivity index (χ1n) is 5.32. The Morgan fingerprint density at radius 1 is 1.05 bits per heavy atom. The predicted molar refractivity (Wildman–Crippen MR) is 70.4 cm³/mol. The predicted octanol–water partition coefficient (Wildman–Crippen LogP) is 2.04. The summed E-state index contributed by atoms with van der Waals surface area (Å²) in [6, 6.07) is 9.84. The van der Waals surface area contributed by atoms with Crippen LogP contribution in [-0.4, -0.2) is 0 Å². The van der Waals surface area contributed by atoms with Crippen LogP contribution in [0.25, 0.3) is 0 Å². The molecule has 6 heteroatoms. The van der Waals surface area contributed by atoms with Gasteiger partial charge in [-0.15, -0.1) is 0 Å². The van der Waals surface area contributed by atoms with Crippen LogP contribution in [0.3, 0.4) is 0 Å². The number of hydrogen-bond acceptors (Lipinski definition) is 5. The Hall–Kier alpha value is -2.44. The van der Waals surface area contributed by atoms with Crippen LogP contribution in [-0.2, 0) is 0 Å². The molecular weight excluding hydrogens is 263 g/mol. The van der Waals surface area contributed by atoms with Crippen LogP contribution in [0.2, 0.25) is 0 Å². The summed E-state index contributed by atoms with van der Waals surface area (Å²) in [5.41, 5.74) is 12.0. The van der Waals surface area contributed by atoms with Gasteiger partial charge in [-0.05, 0) is 6.07 Å². The minimum atomic E-state index is -0.836. The lowest BCUT2D eigenvalue weighted by atomic mass is 9.85. The third-order valence-electron chi connectivity index (χ3n) is 2.79. The Morgan fingerprint density at radius 3 is 2.05 bits per heavy atom. The highest BCUT2D eigenvalue weighted by atomic mass is 32.2. The van der Waals surface area contributed by atoms with E-state index < -0.39 is 11.7 Å². The van der Waals surface area contributed by atoms with E-state index in [1.165, 1.54) is 18.2 Å². The monoisotopic (exact) mass is 272 g/mol. The van der Waals surface area contributed by atoms with Crippen LogP contribution in [0.15, 0.2) is 45.5 Å². The standard InChI is InChI=1S/C13H9FN4S/c14-10-4-2-1-3-7(10)11-8(5-15)12(17)19-13(18)9(11)6-16/h1-4,11H,17-18H2. The summed E-state index contributed by atoms with van der Waals surface area (Å²) in [7, 11) is 0. The number of nitrogens with zero attached hydrogens (tertiary/aromatic N) is 2. The molecule has 0 fully saturated rings. The average Bonchev–Trinajstić information content (AvgIpc) is 2.38. The molecule has 94 valence electrons. The molecule has 0 atom stereocenters. The Balaban J connectivity index is 2.69. The van der Waals surface area contributed by atoms with E-state index >= 15 is 0 Å². The lowest BCUT2D eigenvalue weighted by Crippen LogP contribution is -2.19. The smallest absolute Gasteiger partial charge is 0.127 e. The second kappa shape index (κ2) is 5.05. The van der Waals surface area contributed by atoms with Crippen molar-refractivity contribution in [3.63, 3.8) is 0 Å². The van der Waals surface area contributed by atoms with E-state index in [-0.39, 0.29) is 26.8 Å². The molecule has 1 aliphatic rings. The van der Waals surface area contributed by atoms with Crippen molar-refractivity contribution in [1.29, 1.82) is 10.5 Å². The van der Waals surface area contributed by atoms with Crippen LogP contribution < -0.4 is 11.5 Å². The second-order valence-electron chi connectivity index (χ2n) is 3.84. The number of thioether (sulfide) groups is 1. The molecule has 0 bridgehead atoms. The van der Waals surface area contributed by atoms with Gasteiger partial charge in [0.1, 0.15) is 5.82 Å². The van der Waals surface area contributed by atoms with Crippen molar-refractivity contribution in [2.75, 3.05) is 0 Å². The Morgan fingerprint density at radius 2 is 1.58 bits per heavy atom. The summed E-state index contributed by atoms with van der Waals surface area (Å²) >= 11 is 0.958. The van der Waals surface area contributed by atoms with Gasteiger partial charge in [0.25, 0.3) is 0 Å². The molecule has 0 saturated heterocycles. The SMILES string of the molecule is N#CC1=C(N)SC(N)=C(C#N)C1c1ccccc1F. The summed E-state index contributed by atoms with van der Waals surface area (Å²) in [6.07, 6.45) is 0. The fraction of sp³-hybridized carbons (Fsp3) is 0.0769. The Labute approximate surface area is 113 Å². The van der Waals surface area contributed by atoms with Crippen molar-refractivity contribution in [3.05, 3.63) is 56.9 Å². The van der Waals surface area contributed by atoms with Gasteiger partial charge in [-0.1, -0.05) is 30.0 Å². The van der Waals surface area contributed by atoms with Gasteiger partial charge in [0, 0.05) is 5.56 Å². The lowest BCUT2D eigenvalue weighted by Gasteiger charge is -2.23. The molecule has 19 heavy (non-hydrogen) atoms. The Bertz CT molecular complexity index is 643. The van der Waals surface area contributed by atoms with Gasteiger partial charge in [-0.2, -0.15) is 10.5 Å². The molecule has 0 unspecified atom stereocenters. The quantitative estimate of drug-likeness (QED) is 0.815. The minimum Gasteiger partial charge on any atom is -0.392 e. The van der Waals surface area contributed by atoms with Crippen LogP contribution in [0.4, 0.5) is 4.39 Å². The van der Waals surface area contributed by atoms with E-state index in [1.807, 2.05) is 12.1 Å². The first kappa shape index (κ1) is 13.0. The van der Waals surface area contributed by atoms with Crippen molar-refractivity contribution in [1.82, 2.24) is 0 Å². The molecule has 0 aromatic heterocycles. The zero-order valence-corrected chi connectivity index (χ0v) is 10.5. The molecule has 2 rings (SSSR count). The average molecular weight is 272 g/mol. The van der Waals surface area contributed by atoms with Gasteiger partial charge in [0.2, 0.25) is 0 Å². The van der Waals surface area contributed by atoms with E-state index in [0.717, 1.165) is 11.8 Å². The van der Waals surface area contributed by atoms with Gasteiger partial charge in [0.05, 0.1) is 39.3 Å². The van der Waals surface area contributed by atoms with Crippen molar-refractivity contribution >= 4 is 11.8 Å². The van der Waals surface area contributed by atoms with Gasteiger partial charge >= 0.3 is 0 Å². The number of nitrogens with two attached hydrogens (primary N) is 2. The highest BCUT2D eigenvalue weighted by molar-refractivity contribution is 8.06. The fourth-order valence-electron chi connectivity index (χ4n) is 1.92. The van der Waals surface area contributed by atoms with Crippen molar-refractivity contribution < 1.29 is 4.39 Å². The van der Waals surface area contributed by atoms with Gasteiger partial charge in [0.15, 0.2) is 0 Å². The summed E-state index contributed by atoms with van der Waals surface area (Å²) in [5, 5.41) is 18.8. The summed E-state index contributed by atoms with van der Waals surface area (Å²) in [6.45, 7) is 0.